The van der Waals surface area contributed by atoms with E-state index in [1.807, 2.05) is 6.07 Å². The molecule has 27 heavy (non-hydrogen) atoms. The van der Waals surface area contributed by atoms with Gasteiger partial charge in [0.15, 0.2) is 0 Å². The van der Waals surface area contributed by atoms with Crippen LogP contribution in [-0.2, 0) is 0 Å². The number of ether oxygens (including phenoxy) is 1. The van der Waals surface area contributed by atoms with Gasteiger partial charge in [0.25, 0.3) is 5.69 Å². The number of rotatable bonds is 7. The Morgan fingerprint density at radius 1 is 1.30 bits per heavy atom. The normalized spacial score (nSPS) is 10.8. The Hall–Kier alpha value is -2.76. The zero-order valence-corrected chi connectivity index (χ0v) is 17.0. The number of nitro benzene ring substituents is 1. The van der Waals surface area contributed by atoms with Crippen LogP contribution in [-0.4, -0.2) is 17.3 Å². The number of benzene rings is 2. The highest BCUT2D eigenvalue weighted by Gasteiger charge is 2.16. The summed E-state index contributed by atoms with van der Waals surface area (Å²) in [5.41, 5.74) is 0.289. The number of nitrogens with zero attached hydrogens (tertiary/aromatic N) is 2. The minimum atomic E-state index is -0.597. The summed E-state index contributed by atoms with van der Waals surface area (Å²) in [6.07, 6.45) is 3.02. The second-order valence-corrected chi connectivity index (χ2v) is 6.93. The Bertz CT molecular complexity index is 970. The minimum absolute atomic E-state index is 0.0704. The third-order valence-corrected chi connectivity index (χ3v) is 4.54. The molecule has 0 radical (unpaired) electrons. The van der Waals surface area contributed by atoms with Gasteiger partial charge in [-0.05, 0) is 55.6 Å². The van der Waals surface area contributed by atoms with E-state index in [1.54, 1.807) is 18.2 Å². The van der Waals surface area contributed by atoms with Gasteiger partial charge in [0.2, 0.25) is 5.78 Å². The number of hydrogen-bond donors (Lipinski definition) is 0. The lowest BCUT2D eigenvalue weighted by atomic mass is 10.0. The van der Waals surface area contributed by atoms with E-state index in [0.29, 0.717) is 26.9 Å². The summed E-state index contributed by atoms with van der Waals surface area (Å²) in [5.74, 6) is -0.0315. The van der Waals surface area contributed by atoms with Gasteiger partial charge in [-0.15, -0.1) is 0 Å². The number of ketones is 1. The summed E-state index contributed by atoms with van der Waals surface area (Å²) in [6.45, 7) is 3.91. The van der Waals surface area contributed by atoms with Gasteiger partial charge in [-0.3, -0.25) is 14.9 Å². The van der Waals surface area contributed by atoms with E-state index < -0.39 is 10.7 Å². The predicted octanol–water partition coefficient (Wildman–Crippen LogP) is 5.47. The largest absolute Gasteiger partial charge is 0.487 e. The molecule has 0 heterocycles. The van der Waals surface area contributed by atoms with Gasteiger partial charge in [0.05, 0.1) is 13.9 Å². The van der Waals surface area contributed by atoms with Crippen LogP contribution in [0.4, 0.5) is 5.69 Å². The number of allylic oxidation sites excluding steroid dienone is 1. The van der Waals surface area contributed by atoms with Crippen molar-refractivity contribution in [2.24, 2.45) is 0 Å². The molecule has 8 heteroatoms. The Labute approximate surface area is 172 Å². The van der Waals surface area contributed by atoms with Gasteiger partial charge in [-0.25, -0.2) is 0 Å². The highest BCUT2D eigenvalue weighted by Crippen LogP contribution is 2.35. The molecular weight excluding hydrogens is 480 g/mol. The van der Waals surface area contributed by atoms with E-state index in [-0.39, 0.29) is 16.8 Å². The molecule has 0 atom stereocenters. The highest BCUT2D eigenvalue weighted by molar-refractivity contribution is 9.11. The van der Waals surface area contributed by atoms with Crippen LogP contribution in [0.1, 0.15) is 15.9 Å². The molecule has 0 fully saturated rings. The monoisotopic (exact) mass is 490 g/mol. The van der Waals surface area contributed by atoms with Crippen molar-refractivity contribution in [3.05, 3.63) is 84.8 Å². The SMILES string of the molecule is C=CCOc1c(Br)cc(/C=C(\C#N)C(=O)c2cccc([N+](=O)[O-])c2)cc1Br. The number of carbonyl (C=O) groups excluding carboxylic acids is 1. The van der Waals surface area contributed by atoms with Gasteiger partial charge >= 0.3 is 0 Å². The molecule has 0 aliphatic heterocycles. The fraction of sp³-hybridized carbons (Fsp3) is 0.0526. The number of carbonyl (C=O) groups is 1. The lowest BCUT2D eigenvalue weighted by Gasteiger charge is -2.10. The van der Waals surface area contributed by atoms with Gasteiger partial charge in [0, 0.05) is 17.7 Å². The summed E-state index contributed by atoms with van der Waals surface area (Å²) in [4.78, 5) is 22.8. The molecular formula is C19H12Br2N2O4. The first kappa shape index (κ1) is 20.6. The topological polar surface area (TPSA) is 93.2 Å². The molecule has 2 aromatic carbocycles. The number of Topliss-reactive ketones (excluding diaryl/α,β-unsaturated/α-hetero) is 1. The van der Waals surface area contributed by atoms with Crippen molar-refractivity contribution >= 4 is 49.4 Å². The Kier molecular flexibility index (Phi) is 7.05. The van der Waals surface area contributed by atoms with Crippen molar-refractivity contribution < 1.29 is 14.5 Å². The van der Waals surface area contributed by atoms with Crippen LogP contribution < -0.4 is 4.74 Å². The molecule has 6 nitrogen and oxygen atoms in total. The molecule has 0 N–H and O–H groups in total. The lowest BCUT2D eigenvalue weighted by Crippen LogP contribution is -2.03. The van der Waals surface area contributed by atoms with E-state index in [4.69, 9.17) is 4.74 Å². The van der Waals surface area contributed by atoms with Crippen LogP contribution in [0.3, 0.4) is 0 Å². The van der Waals surface area contributed by atoms with Crippen LogP contribution in [0, 0.1) is 21.4 Å². The third kappa shape index (κ3) is 5.12. The molecule has 0 saturated heterocycles. The van der Waals surface area contributed by atoms with Crippen molar-refractivity contribution in [1.29, 1.82) is 5.26 Å². The Morgan fingerprint density at radius 3 is 2.52 bits per heavy atom. The van der Waals surface area contributed by atoms with Crippen molar-refractivity contribution in [3.63, 3.8) is 0 Å². The predicted molar refractivity (Wildman–Crippen MR) is 109 cm³/mol. The molecule has 0 aromatic heterocycles. The molecule has 136 valence electrons. The zero-order chi connectivity index (χ0) is 20.0. The van der Waals surface area contributed by atoms with Crippen LogP contribution >= 0.6 is 31.9 Å². The Morgan fingerprint density at radius 2 is 1.96 bits per heavy atom. The van der Waals surface area contributed by atoms with Crippen molar-refractivity contribution in [1.82, 2.24) is 0 Å². The van der Waals surface area contributed by atoms with Crippen LogP contribution in [0.2, 0.25) is 0 Å². The standard InChI is InChI=1S/C19H12Br2N2O4/c1-2-6-27-19-16(20)8-12(9-17(19)21)7-14(11-22)18(24)13-4-3-5-15(10-13)23(25)26/h2-5,7-10H,1,6H2/b14-7+. The number of nitro groups is 1. The van der Waals surface area contributed by atoms with E-state index in [0.717, 1.165) is 6.07 Å². The van der Waals surface area contributed by atoms with Crippen molar-refractivity contribution in [3.8, 4) is 11.8 Å². The van der Waals surface area contributed by atoms with E-state index in [2.05, 4.69) is 38.4 Å². The summed E-state index contributed by atoms with van der Waals surface area (Å²) >= 11 is 6.77. The number of hydrogen-bond acceptors (Lipinski definition) is 5. The first-order chi connectivity index (χ1) is 12.9. The van der Waals surface area contributed by atoms with Crippen molar-refractivity contribution in [2.75, 3.05) is 6.61 Å². The fourth-order valence-corrected chi connectivity index (χ4v) is 3.63. The average molecular weight is 492 g/mol. The van der Waals surface area contributed by atoms with Gasteiger partial charge in [-0.2, -0.15) is 5.26 Å². The summed E-state index contributed by atoms with van der Waals surface area (Å²) < 4.78 is 6.79. The van der Waals surface area contributed by atoms with Crippen LogP contribution in [0.25, 0.3) is 6.08 Å². The molecule has 0 amide bonds. The average Bonchev–Trinajstić information content (AvgIpc) is 2.65. The smallest absolute Gasteiger partial charge is 0.270 e. The maximum atomic E-state index is 12.6. The zero-order valence-electron chi connectivity index (χ0n) is 13.8. The maximum Gasteiger partial charge on any atom is 0.270 e. The molecule has 2 rings (SSSR count). The minimum Gasteiger partial charge on any atom is -0.487 e. The van der Waals surface area contributed by atoms with Crippen LogP contribution in [0.5, 0.6) is 5.75 Å². The number of non-ortho nitro benzene ring substituents is 1. The first-order valence-corrected chi connectivity index (χ1v) is 9.09. The van der Waals surface area contributed by atoms with Gasteiger partial charge < -0.3 is 4.74 Å². The Balaban J connectivity index is 2.40. The van der Waals surface area contributed by atoms with E-state index in [9.17, 15) is 20.2 Å². The summed E-state index contributed by atoms with van der Waals surface area (Å²) in [7, 11) is 0. The highest BCUT2D eigenvalue weighted by atomic mass is 79.9. The summed E-state index contributed by atoms with van der Waals surface area (Å²) in [6, 6.07) is 10.5. The summed E-state index contributed by atoms with van der Waals surface area (Å²) in [5, 5.41) is 20.2. The number of nitriles is 1. The molecule has 0 saturated carbocycles. The maximum absolute atomic E-state index is 12.6. The fourth-order valence-electron chi connectivity index (χ4n) is 2.17. The van der Waals surface area contributed by atoms with Crippen molar-refractivity contribution in [2.45, 2.75) is 0 Å². The molecule has 0 aliphatic carbocycles. The van der Waals surface area contributed by atoms with Gasteiger partial charge in [0.1, 0.15) is 24.0 Å². The molecule has 0 unspecified atom stereocenters. The van der Waals surface area contributed by atoms with E-state index in [1.165, 1.54) is 24.3 Å². The second kappa shape index (κ2) is 9.26. The molecule has 2 aromatic rings. The molecule has 0 bridgehead atoms. The van der Waals surface area contributed by atoms with Crippen LogP contribution in [0.15, 0.2) is 63.6 Å². The number of halogens is 2. The lowest BCUT2D eigenvalue weighted by molar-refractivity contribution is -0.384. The third-order valence-electron chi connectivity index (χ3n) is 3.36. The molecule has 0 spiro atoms. The van der Waals surface area contributed by atoms with E-state index >= 15 is 0 Å². The molecule has 0 aliphatic rings. The van der Waals surface area contributed by atoms with Gasteiger partial charge in [-0.1, -0.05) is 24.8 Å². The quantitative estimate of drug-likeness (QED) is 0.128. The first-order valence-electron chi connectivity index (χ1n) is 7.51. The second-order valence-electron chi connectivity index (χ2n) is 5.22.